The number of hydrogen-bond donors (Lipinski definition) is 2. The van der Waals surface area contributed by atoms with Crippen LogP contribution in [0.3, 0.4) is 0 Å². The monoisotopic (exact) mass is 494 g/mol. The van der Waals surface area contributed by atoms with Crippen LogP contribution in [0.25, 0.3) is 0 Å². The molecule has 7 heteroatoms. The Morgan fingerprint density at radius 1 is 0.943 bits per heavy atom. The number of urea groups is 1. The molecule has 0 heterocycles. The number of aliphatic carboxylic acids is 1. The van der Waals surface area contributed by atoms with Gasteiger partial charge < -0.3 is 10.4 Å². The SMILES string of the molecule is CCCN(C(=O)N[C@@H](CSCC(CC)CC)C(=O)O)C(=O)c1cccc(C#Cc2ccccc2)c1. The molecule has 186 valence electrons. The molecule has 0 spiro atoms. The van der Waals surface area contributed by atoms with Crippen molar-refractivity contribution in [1.82, 2.24) is 10.2 Å². The summed E-state index contributed by atoms with van der Waals surface area (Å²) in [7, 11) is 0. The molecular formula is C28H34N2O4S. The second-order valence-corrected chi connectivity index (χ2v) is 9.29. The van der Waals surface area contributed by atoms with Crippen molar-refractivity contribution < 1.29 is 19.5 Å². The fourth-order valence-corrected chi connectivity index (χ4v) is 4.75. The lowest BCUT2D eigenvalue weighted by Crippen LogP contribution is -2.51. The fraction of sp³-hybridized carbons (Fsp3) is 0.393. The molecule has 0 aliphatic carbocycles. The Balaban J connectivity index is 2.12. The van der Waals surface area contributed by atoms with Crippen molar-refractivity contribution in [2.75, 3.05) is 18.1 Å². The number of benzene rings is 2. The Morgan fingerprint density at radius 2 is 1.60 bits per heavy atom. The number of carboxylic acids is 1. The predicted molar refractivity (Wildman–Crippen MR) is 142 cm³/mol. The lowest BCUT2D eigenvalue weighted by Gasteiger charge is -2.24. The van der Waals surface area contributed by atoms with E-state index in [4.69, 9.17) is 0 Å². The van der Waals surface area contributed by atoms with E-state index in [1.807, 2.05) is 37.3 Å². The fourth-order valence-electron chi connectivity index (χ4n) is 3.35. The maximum absolute atomic E-state index is 13.2. The first kappa shape index (κ1) is 28.0. The maximum atomic E-state index is 13.2. The van der Waals surface area contributed by atoms with Crippen molar-refractivity contribution in [3.63, 3.8) is 0 Å². The van der Waals surface area contributed by atoms with E-state index in [1.54, 1.807) is 24.3 Å². The molecule has 35 heavy (non-hydrogen) atoms. The van der Waals surface area contributed by atoms with Crippen molar-refractivity contribution in [2.45, 2.75) is 46.1 Å². The third kappa shape index (κ3) is 9.14. The number of amides is 3. The summed E-state index contributed by atoms with van der Waals surface area (Å²) in [5.41, 5.74) is 1.83. The van der Waals surface area contributed by atoms with E-state index >= 15 is 0 Å². The molecule has 0 fully saturated rings. The number of carbonyl (C=O) groups excluding carboxylic acids is 2. The molecule has 2 N–H and O–H groups in total. The van der Waals surface area contributed by atoms with E-state index in [9.17, 15) is 19.5 Å². The zero-order chi connectivity index (χ0) is 25.6. The molecule has 0 aromatic heterocycles. The highest BCUT2D eigenvalue weighted by atomic mass is 32.2. The zero-order valence-corrected chi connectivity index (χ0v) is 21.4. The van der Waals surface area contributed by atoms with Crippen LogP contribution in [0.15, 0.2) is 54.6 Å². The van der Waals surface area contributed by atoms with Crippen LogP contribution in [0.1, 0.15) is 61.5 Å². The van der Waals surface area contributed by atoms with E-state index in [0.29, 0.717) is 23.5 Å². The molecular weight excluding hydrogens is 460 g/mol. The molecule has 0 saturated carbocycles. The van der Waals surface area contributed by atoms with E-state index in [2.05, 4.69) is 31.0 Å². The largest absolute Gasteiger partial charge is 0.480 e. The number of hydrogen-bond acceptors (Lipinski definition) is 4. The third-order valence-corrected chi connectivity index (χ3v) is 6.84. The number of carboxylic acid groups (broad SMARTS) is 1. The van der Waals surface area contributed by atoms with Gasteiger partial charge in [0.15, 0.2) is 0 Å². The number of nitrogens with zero attached hydrogens (tertiary/aromatic N) is 1. The van der Waals surface area contributed by atoms with Crippen molar-refractivity contribution in [1.29, 1.82) is 0 Å². The van der Waals surface area contributed by atoms with Gasteiger partial charge in [0.05, 0.1) is 0 Å². The van der Waals surface area contributed by atoms with E-state index in [-0.39, 0.29) is 12.3 Å². The van der Waals surface area contributed by atoms with Crippen LogP contribution in [-0.2, 0) is 4.79 Å². The van der Waals surface area contributed by atoms with Crippen LogP contribution in [-0.4, -0.2) is 52.0 Å². The predicted octanol–water partition coefficient (Wildman–Crippen LogP) is 5.27. The molecule has 2 rings (SSSR count). The molecule has 0 aliphatic heterocycles. The van der Waals surface area contributed by atoms with Gasteiger partial charge in [-0.15, -0.1) is 0 Å². The summed E-state index contributed by atoms with van der Waals surface area (Å²) in [6.07, 6.45) is 2.61. The molecule has 2 aromatic carbocycles. The summed E-state index contributed by atoms with van der Waals surface area (Å²) in [5.74, 6) is 6.10. The molecule has 6 nitrogen and oxygen atoms in total. The van der Waals surface area contributed by atoms with Gasteiger partial charge in [0.25, 0.3) is 5.91 Å². The second kappa shape index (κ2) is 14.9. The van der Waals surface area contributed by atoms with Crippen molar-refractivity contribution >= 4 is 29.7 Å². The molecule has 0 saturated heterocycles. The second-order valence-electron chi connectivity index (χ2n) is 8.21. The van der Waals surface area contributed by atoms with E-state index in [1.165, 1.54) is 11.8 Å². The Kier molecular flexibility index (Phi) is 11.9. The first-order valence-corrected chi connectivity index (χ1v) is 13.1. The molecule has 0 bridgehead atoms. The van der Waals surface area contributed by atoms with E-state index < -0.39 is 23.9 Å². The minimum Gasteiger partial charge on any atom is -0.480 e. The summed E-state index contributed by atoms with van der Waals surface area (Å²) in [6, 6.07) is 14.5. The van der Waals surface area contributed by atoms with Gasteiger partial charge in [-0.05, 0) is 48.4 Å². The lowest BCUT2D eigenvalue weighted by molar-refractivity contribution is -0.138. The normalized spacial score (nSPS) is 11.3. The van der Waals surface area contributed by atoms with Gasteiger partial charge in [-0.25, -0.2) is 9.59 Å². The number of thioether (sulfide) groups is 1. The van der Waals surface area contributed by atoms with Crippen molar-refractivity contribution in [2.24, 2.45) is 5.92 Å². The molecule has 0 radical (unpaired) electrons. The minimum atomic E-state index is -1.11. The minimum absolute atomic E-state index is 0.178. The highest BCUT2D eigenvalue weighted by Gasteiger charge is 2.27. The number of imide groups is 1. The van der Waals surface area contributed by atoms with Crippen LogP contribution >= 0.6 is 11.8 Å². The molecule has 2 aromatic rings. The van der Waals surface area contributed by atoms with Gasteiger partial charge >= 0.3 is 12.0 Å². The number of carbonyl (C=O) groups is 3. The van der Waals surface area contributed by atoms with Gasteiger partial charge in [0.1, 0.15) is 6.04 Å². The molecule has 0 aliphatic rings. The first-order valence-electron chi connectivity index (χ1n) is 12.0. The van der Waals surface area contributed by atoms with Crippen molar-refractivity contribution in [3.05, 3.63) is 71.3 Å². The standard InChI is InChI=1S/C28H34N2O4S/c1-4-17-30(28(34)29-25(27(32)33)20-35-19-21(5-2)6-3)26(31)24-14-10-13-23(18-24)16-15-22-11-8-7-9-12-22/h7-14,18,21,25H,4-6,17,19-20H2,1-3H3,(H,29,34)(H,32,33)/t25-/m0/s1. The number of nitrogens with one attached hydrogen (secondary N) is 1. The van der Waals surface area contributed by atoms with Crippen LogP contribution in [0.5, 0.6) is 0 Å². The quantitative estimate of drug-likeness (QED) is 0.416. The van der Waals surface area contributed by atoms with Crippen molar-refractivity contribution in [3.8, 4) is 11.8 Å². The Morgan fingerprint density at radius 3 is 2.23 bits per heavy atom. The highest BCUT2D eigenvalue weighted by Crippen LogP contribution is 2.16. The summed E-state index contributed by atoms with van der Waals surface area (Å²) < 4.78 is 0. The Bertz CT molecular complexity index is 1040. The van der Waals surface area contributed by atoms with Gasteiger partial charge in [0, 0.05) is 29.0 Å². The Labute approximate surface area is 212 Å². The Hall–Kier alpha value is -3.24. The van der Waals surface area contributed by atoms with Gasteiger partial charge in [-0.3, -0.25) is 9.69 Å². The van der Waals surface area contributed by atoms with Crippen LogP contribution in [0.2, 0.25) is 0 Å². The third-order valence-electron chi connectivity index (χ3n) is 5.56. The zero-order valence-electron chi connectivity index (χ0n) is 20.6. The summed E-state index contributed by atoms with van der Waals surface area (Å²) in [4.78, 5) is 39.0. The van der Waals surface area contributed by atoms with Gasteiger partial charge in [-0.1, -0.05) is 69.7 Å². The maximum Gasteiger partial charge on any atom is 0.327 e. The molecule has 1 atom stereocenters. The van der Waals surface area contributed by atoms with Crippen LogP contribution < -0.4 is 5.32 Å². The van der Waals surface area contributed by atoms with Crippen LogP contribution in [0, 0.1) is 17.8 Å². The van der Waals surface area contributed by atoms with Gasteiger partial charge in [0.2, 0.25) is 0 Å². The van der Waals surface area contributed by atoms with E-state index in [0.717, 1.165) is 29.1 Å². The summed E-state index contributed by atoms with van der Waals surface area (Å²) in [6.45, 7) is 6.26. The average Bonchev–Trinajstić information content (AvgIpc) is 2.88. The average molecular weight is 495 g/mol. The molecule has 3 amide bonds. The smallest absolute Gasteiger partial charge is 0.327 e. The summed E-state index contributed by atoms with van der Waals surface area (Å²) >= 11 is 1.51. The molecule has 0 unspecified atom stereocenters. The first-order chi connectivity index (χ1) is 16.9. The lowest BCUT2D eigenvalue weighted by atomic mass is 10.1. The van der Waals surface area contributed by atoms with Gasteiger partial charge in [-0.2, -0.15) is 11.8 Å². The topological polar surface area (TPSA) is 86.7 Å². The highest BCUT2D eigenvalue weighted by molar-refractivity contribution is 7.99. The van der Waals surface area contributed by atoms with Crippen LogP contribution in [0.4, 0.5) is 4.79 Å². The summed E-state index contributed by atoms with van der Waals surface area (Å²) in [5, 5.41) is 12.2. The number of rotatable bonds is 11.